The number of aromatic nitrogens is 3. The maximum absolute atomic E-state index is 12.9. The molecule has 5 heteroatoms. The van der Waals surface area contributed by atoms with E-state index in [1.54, 1.807) is 18.6 Å². The van der Waals surface area contributed by atoms with Crippen molar-refractivity contribution in [3.63, 3.8) is 0 Å². The summed E-state index contributed by atoms with van der Waals surface area (Å²) in [5, 5.41) is 2.96. The van der Waals surface area contributed by atoms with E-state index in [1.807, 2.05) is 31.2 Å². The third kappa shape index (κ3) is 3.50. The van der Waals surface area contributed by atoms with Crippen LogP contribution >= 0.6 is 0 Å². The molecule has 3 aromatic heterocycles. The predicted octanol–water partition coefficient (Wildman–Crippen LogP) is 4.70. The number of hydrogen-bond acceptors (Lipinski definition) is 3. The summed E-state index contributed by atoms with van der Waals surface area (Å²) in [4.78, 5) is 21.3. The summed E-state index contributed by atoms with van der Waals surface area (Å²) < 4.78 is 2.17. The van der Waals surface area contributed by atoms with Gasteiger partial charge in [-0.15, -0.1) is 0 Å². The van der Waals surface area contributed by atoms with E-state index in [9.17, 15) is 4.79 Å². The largest absolute Gasteiger partial charge is 0.351 e. The minimum Gasteiger partial charge on any atom is -0.351 e. The van der Waals surface area contributed by atoms with Gasteiger partial charge in [-0.05, 0) is 55.5 Å². The third-order valence-corrected chi connectivity index (χ3v) is 5.59. The number of amides is 1. The van der Waals surface area contributed by atoms with Crippen LogP contribution in [0.25, 0.3) is 11.1 Å². The summed E-state index contributed by atoms with van der Waals surface area (Å²) in [7, 11) is 2.06. The lowest BCUT2D eigenvalue weighted by molar-refractivity contribution is 0.102. The Balaban J connectivity index is 1.57. The van der Waals surface area contributed by atoms with E-state index in [4.69, 9.17) is 0 Å². The normalized spacial score (nSPS) is 14.4. The maximum atomic E-state index is 12.9. The Hall–Kier alpha value is -2.95. The van der Waals surface area contributed by atoms with Crippen LogP contribution in [-0.4, -0.2) is 20.4 Å². The average Bonchev–Trinajstić information content (AvgIpc) is 3.32. The zero-order valence-electron chi connectivity index (χ0n) is 15.8. The molecule has 1 N–H and O–H groups in total. The van der Waals surface area contributed by atoms with Crippen molar-refractivity contribution in [1.29, 1.82) is 0 Å². The molecule has 0 aromatic carbocycles. The van der Waals surface area contributed by atoms with Gasteiger partial charge >= 0.3 is 0 Å². The van der Waals surface area contributed by atoms with Gasteiger partial charge < -0.3 is 9.88 Å². The van der Waals surface area contributed by atoms with Gasteiger partial charge in [0.15, 0.2) is 0 Å². The Morgan fingerprint density at radius 1 is 1.15 bits per heavy atom. The third-order valence-electron chi connectivity index (χ3n) is 5.59. The Morgan fingerprint density at radius 3 is 2.70 bits per heavy atom. The summed E-state index contributed by atoms with van der Waals surface area (Å²) in [6.45, 7) is 2.01. The quantitative estimate of drug-likeness (QED) is 0.733. The molecule has 0 spiro atoms. The van der Waals surface area contributed by atoms with Crippen LogP contribution < -0.4 is 5.32 Å². The van der Waals surface area contributed by atoms with E-state index >= 15 is 0 Å². The number of rotatable bonds is 4. The van der Waals surface area contributed by atoms with Gasteiger partial charge in [-0.3, -0.25) is 9.78 Å². The second-order valence-electron chi connectivity index (χ2n) is 7.23. The fourth-order valence-corrected chi connectivity index (χ4v) is 3.96. The van der Waals surface area contributed by atoms with Gasteiger partial charge in [0, 0.05) is 42.6 Å². The SMILES string of the molecule is Cc1c(C(=O)Nc2cc(-c3cccnc3)ccn2)cc(C2CCCC2)n1C. The van der Waals surface area contributed by atoms with Crippen LogP contribution in [0.3, 0.4) is 0 Å². The zero-order chi connectivity index (χ0) is 18.8. The molecule has 138 valence electrons. The molecule has 1 amide bonds. The highest BCUT2D eigenvalue weighted by atomic mass is 16.1. The standard InChI is InChI=1S/C22H24N4O/c1-15-19(13-20(26(15)2)16-6-3-4-7-16)22(27)25-21-12-17(9-11-24-21)18-8-5-10-23-14-18/h5,8-14,16H,3-4,6-7H2,1-2H3,(H,24,25,27). The molecule has 3 aromatic rings. The molecule has 1 saturated carbocycles. The van der Waals surface area contributed by atoms with Gasteiger partial charge in [0.1, 0.15) is 5.82 Å². The van der Waals surface area contributed by atoms with Gasteiger partial charge in [-0.1, -0.05) is 18.9 Å². The highest BCUT2D eigenvalue weighted by molar-refractivity contribution is 6.05. The number of pyridine rings is 2. The van der Waals surface area contributed by atoms with E-state index in [0.29, 0.717) is 11.7 Å². The summed E-state index contributed by atoms with van der Waals surface area (Å²) in [5.74, 6) is 1.01. The molecule has 0 saturated heterocycles. The number of hydrogen-bond donors (Lipinski definition) is 1. The van der Waals surface area contributed by atoms with E-state index in [0.717, 1.165) is 22.4 Å². The maximum Gasteiger partial charge on any atom is 0.258 e. The first-order chi connectivity index (χ1) is 13.1. The van der Waals surface area contributed by atoms with Crippen LogP contribution in [0.4, 0.5) is 5.82 Å². The van der Waals surface area contributed by atoms with Crippen LogP contribution in [0, 0.1) is 6.92 Å². The first-order valence-corrected chi connectivity index (χ1v) is 9.47. The van der Waals surface area contributed by atoms with Crippen molar-refractivity contribution in [3.05, 3.63) is 65.9 Å². The number of anilines is 1. The van der Waals surface area contributed by atoms with E-state index < -0.39 is 0 Å². The molecular formula is C22H24N4O. The zero-order valence-corrected chi connectivity index (χ0v) is 15.8. The molecule has 0 bridgehead atoms. The van der Waals surface area contributed by atoms with Gasteiger partial charge in [0.25, 0.3) is 5.91 Å². The van der Waals surface area contributed by atoms with Crippen molar-refractivity contribution in [3.8, 4) is 11.1 Å². The van der Waals surface area contributed by atoms with Crippen molar-refractivity contribution >= 4 is 11.7 Å². The monoisotopic (exact) mass is 360 g/mol. The molecule has 1 fully saturated rings. The van der Waals surface area contributed by atoms with Crippen LogP contribution in [0.5, 0.6) is 0 Å². The van der Waals surface area contributed by atoms with Crippen LogP contribution in [0.2, 0.25) is 0 Å². The number of nitrogens with zero attached hydrogens (tertiary/aromatic N) is 3. The lowest BCUT2D eigenvalue weighted by Crippen LogP contribution is -2.13. The molecule has 0 radical (unpaired) electrons. The lowest BCUT2D eigenvalue weighted by Gasteiger charge is -2.11. The second-order valence-corrected chi connectivity index (χ2v) is 7.23. The minimum absolute atomic E-state index is 0.108. The van der Waals surface area contributed by atoms with Crippen molar-refractivity contribution in [2.75, 3.05) is 5.32 Å². The van der Waals surface area contributed by atoms with Gasteiger partial charge in [0.2, 0.25) is 0 Å². The Morgan fingerprint density at radius 2 is 1.96 bits per heavy atom. The Kier molecular flexibility index (Phi) is 4.75. The number of carbonyl (C=O) groups excluding carboxylic acids is 1. The molecular weight excluding hydrogens is 336 g/mol. The van der Waals surface area contributed by atoms with Gasteiger partial charge in [0.05, 0.1) is 5.56 Å². The fourth-order valence-electron chi connectivity index (χ4n) is 3.96. The highest BCUT2D eigenvalue weighted by Gasteiger charge is 2.24. The Bertz CT molecular complexity index is 956. The van der Waals surface area contributed by atoms with Crippen molar-refractivity contribution < 1.29 is 4.79 Å². The molecule has 27 heavy (non-hydrogen) atoms. The van der Waals surface area contributed by atoms with Crippen molar-refractivity contribution in [1.82, 2.24) is 14.5 Å². The van der Waals surface area contributed by atoms with E-state index in [1.165, 1.54) is 31.4 Å². The van der Waals surface area contributed by atoms with Crippen LogP contribution in [0.1, 0.15) is 53.3 Å². The molecule has 0 unspecified atom stereocenters. The number of carbonyl (C=O) groups is 1. The smallest absolute Gasteiger partial charge is 0.258 e. The molecule has 1 aliphatic rings. The summed E-state index contributed by atoms with van der Waals surface area (Å²) in [5.41, 5.74) is 4.97. The molecule has 0 atom stereocenters. The summed E-state index contributed by atoms with van der Waals surface area (Å²) in [6, 6.07) is 9.74. The minimum atomic E-state index is -0.108. The summed E-state index contributed by atoms with van der Waals surface area (Å²) >= 11 is 0. The fraction of sp³-hybridized carbons (Fsp3) is 0.318. The number of nitrogens with one attached hydrogen (secondary N) is 1. The molecule has 0 aliphatic heterocycles. The van der Waals surface area contributed by atoms with Crippen LogP contribution in [0.15, 0.2) is 48.9 Å². The molecule has 3 heterocycles. The average molecular weight is 360 g/mol. The van der Waals surface area contributed by atoms with Gasteiger partial charge in [-0.25, -0.2) is 4.98 Å². The van der Waals surface area contributed by atoms with E-state index in [-0.39, 0.29) is 5.91 Å². The molecule has 5 nitrogen and oxygen atoms in total. The van der Waals surface area contributed by atoms with E-state index in [2.05, 4.69) is 33.0 Å². The van der Waals surface area contributed by atoms with Crippen molar-refractivity contribution in [2.45, 2.75) is 38.5 Å². The highest BCUT2D eigenvalue weighted by Crippen LogP contribution is 2.35. The summed E-state index contributed by atoms with van der Waals surface area (Å²) in [6.07, 6.45) is 10.2. The topological polar surface area (TPSA) is 59.8 Å². The first kappa shape index (κ1) is 17.5. The lowest BCUT2D eigenvalue weighted by atomic mass is 10.0. The molecule has 4 rings (SSSR count). The molecule has 1 aliphatic carbocycles. The predicted molar refractivity (Wildman–Crippen MR) is 107 cm³/mol. The second kappa shape index (κ2) is 7.35. The van der Waals surface area contributed by atoms with Gasteiger partial charge in [-0.2, -0.15) is 0 Å². The van der Waals surface area contributed by atoms with Crippen molar-refractivity contribution in [2.24, 2.45) is 7.05 Å². The Labute approximate surface area is 159 Å². The van der Waals surface area contributed by atoms with Crippen LogP contribution in [-0.2, 0) is 7.05 Å². The first-order valence-electron chi connectivity index (χ1n) is 9.47.